The molecule has 0 saturated carbocycles. The predicted molar refractivity (Wildman–Crippen MR) is 85.5 cm³/mol. The van der Waals surface area contributed by atoms with Gasteiger partial charge >= 0.3 is 6.09 Å². The van der Waals surface area contributed by atoms with E-state index >= 15 is 0 Å². The lowest BCUT2D eigenvalue weighted by Gasteiger charge is -2.23. The average molecular weight is 326 g/mol. The molecule has 23 heavy (non-hydrogen) atoms. The summed E-state index contributed by atoms with van der Waals surface area (Å²) < 4.78 is 32.8. The second-order valence-electron chi connectivity index (χ2n) is 6.98. The van der Waals surface area contributed by atoms with Crippen molar-refractivity contribution in [3.8, 4) is 0 Å². The minimum Gasteiger partial charge on any atom is -0.444 e. The van der Waals surface area contributed by atoms with Crippen molar-refractivity contribution in [2.75, 3.05) is 18.4 Å². The number of piperidine rings is 1. The van der Waals surface area contributed by atoms with Gasteiger partial charge in [0.1, 0.15) is 5.60 Å². The van der Waals surface area contributed by atoms with Crippen LogP contribution in [0, 0.1) is 17.6 Å². The number of hydrogen-bond acceptors (Lipinski definition) is 3. The van der Waals surface area contributed by atoms with E-state index < -0.39 is 23.3 Å². The number of carbonyl (C=O) groups is 1. The third-order valence-electron chi connectivity index (χ3n) is 3.65. The van der Waals surface area contributed by atoms with Crippen LogP contribution in [0.15, 0.2) is 12.1 Å². The molecular formula is C17H24F2N2O2. The van der Waals surface area contributed by atoms with Gasteiger partial charge in [-0.2, -0.15) is 0 Å². The van der Waals surface area contributed by atoms with Crippen LogP contribution in [0.4, 0.5) is 19.3 Å². The lowest BCUT2D eigenvalue weighted by Crippen LogP contribution is -2.31. The Balaban J connectivity index is 2.10. The summed E-state index contributed by atoms with van der Waals surface area (Å²) in [7, 11) is 0. The van der Waals surface area contributed by atoms with E-state index in [2.05, 4.69) is 10.6 Å². The molecule has 0 radical (unpaired) electrons. The first-order valence-electron chi connectivity index (χ1n) is 7.93. The van der Waals surface area contributed by atoms with E-state index in [0.29, 0.717) is 17.9 Å². The Morgan fingerprint density at radius 3 is 2.74 bits per heavy atom. The van der Waals surface area contributed by atoms with Crippen LogP contribution in [0.25, 0.3) is 0 Å². The lowest BCUT2D eigenvalue weighted by atomic mass is 9.92. The van der Waals surface area contributed by atoms with Gasteiger partial charge < -0.3 is 10.1 Å². The molecule has 1 amide bonds. The van der Waals surface area contributed by atoms with Crippen LogP contribution in [-0.4, -0.2) is 24.8 Å². The number of rotatable bonds is 3. The van der Waals surface area contributed by atoms with Crippen molar-refractivity contribution in [1.82, 2.24) is 5.32 Å². The highest BCUT2D eigenvalue weighted by atomic mass is 19.2. The number of ether oxygens (including phenoxy) is 1. The van der Waals surface area contributed by atoms with Crippen LogP contribution in [0.5, 0.6) is 0 Å². The largest absolute Gasteiger partial charge is 0.444 e. The van der Waals surface area contributed by atoms with Crippen molar-refractivity contribution < 1.29 is 18.3 Å². The van der Waals surface area contributed by atoms with Gasteiger partial charge in [0.25, 0.3) is 0 Å². The van der Waals surface area contributed by atoms with Crippen LogP contribution in [0.2, 0.25) is 0 Å². The van der Waals surface area contributed by atoms with Gasteiger partial charge in [0, 0.05) is 0 Å². The van der Waals surface area contributed by atoms with Crippen LogP contribution in [0.3, 0.4) is 0 Å². The summed E-state index contributed by atoms with van der Waals surface area (Å²) in [5.74, 6) is -1.64. The molecule has 0 spiro atoms. The molecule has 1 aliphatic heterocycles. The molecule has 0 aromatic heterocycles. The molecule has 1 fully saturated rings. The third kappa shape index (κ3) is 5.46. The van der Waals surface area contributed by atoms with E-state index in [9.17, 15) is 13.6 Å². The minimum atomic E-state index is -1.07. The molecule has 128 valence electrons. The van der Waals surface area contributed by atoms with Crippen LogP contribution in [0.1, 0.15) is 39.2 Å². The van der Waals surface area contributed by atoms with Gasteiger partial charge in [0.15, 0.2) is 11.6 Å². The summed E-state index contributed by atoms with van der Waals surface area (Å²) in [5.41, 5.74) is -0.216. The number of anilines is 1. The second-order valence-corrected chi connectivity index (χ2v) is 6.98. The van der Waals surface area contributed by atoms with Crippen molar-refractivity contribution in [3.63, 3.8) is 0 Å². The third-order valence-corrected chi connectivity index (χ3v) is 3.65. The smallest absolute Gasteiger partial charge is 0.412 e. The van der Waals surface area contributed by atoms with Gasteiger partial charge in [-0.3, -0.25) is 5.32 Å². The van der Waals surface area contributed by atoms with E-state index in [4.69, 9.17) is 4.74 Å². The van der Waals surface area contributed by atoms with Crippen LogP contribution >= 0.6 is 0 Å². The van der Waals surface area contributed by atoms with E-state index in [-0.39, 0.29) is 5.69 Å². The fourth-order valence-corrected chi connectivity index (χ4v) is 2.70. The highest BCUT2D eigenvalue weighted by molar-refractivity contribution is 5.85. The summed E-state index contributed by atoms with van der Waals surface area (Å²) in [6.45, 7) is 6.98. The number of carbonyl (C=O) groups excluding carboxylic acids is 1. The molecule has 1 heterocycles. The summed E-state index contributed by atoms with van der Waals surface area (Å²) in [5, 5.41) is 5.59. The van der Waals surface area contributed by atoms with Gasteiger partial charge in [-0.1, -0.05) is 0 Å². The maximum atomic E-state index is 13.9. The molecule has 2 rings (SSSR count). The van der Waals surface area contributed by atoms with Gasteiger partial charge in [0.2, 0.25) is 0 Å². The molecule has 1 aromatic rings. The molecule has 4 nitrogen and oxygen atoms in total. The molecule has 1 unspecified atom stereocenters. The summed E-state index contributed by atoms with van der Waals surface area (Å²) in [6.07, 6.45) is 1.98. The fraction of sp³-hybridized carbons (Fsp3) is 0.588. The van der Waals surface area contributed by atoms with E-state index in [1.807, 2.05) is 0 Å². The Hall–Kier alpha value is -1.69. The second kappa shape index (κ2) is 7.25. The van der Waals surface area contributed by atoms with Crippen molar-refractivity contribution in [1.29, 1.82) is 0 Å². The van der Waals surface area contributed by atoms with Crippen molar-refractivity contribution >= 4 is 11.8 Å². The van der Waals surface area contributed by atoms with Crippen molar-refractivity contribution in [2.45, 2.75) is 45.6 Å². The summed E-state index contributed by atoms with van der Waals surface area (Å²) in [4.78, 5) is 11.8. The van der Waals surface area contributed by atoms with Gasteiger partial charge in [0.05, 0.1) is 5.69 Å². The molecule has 0 bridgehead atoms. The molecule has 1 atom stereocenters. The molecule has 1 saturated heterocycles. The zero-order valence-corrected chi connectivity index (χ0v) is 13.8. The summed E-state index contributed by atoms with van der Waals surface area (Å²) in [6, 6.07) is 2.68. The number of halogens is 2. The molecule has 0 aliphatic carbocycles. The number of benzene rings is 1. The first-order valence-corrected chi connectivity index (χ1v) is 7.93. The molecule has 6 heteroatoms. The standard InChI is InChI=1S/C17H24F2N2O2/c1-17(2,3)23-16(22)21-14-9-12(8-13(18)15(14)19)7-11-5-4-6-20-10-11/h8-9,11,20H,4-7,10H2,1-3H3,(H,21,22). The Morgan fingerprint density at radius 2 is 2.13 bits per heavy atom. The maximum Gasteiger partial charge on any atom is 0.412 e. The van der Waals surface area contributed by atoms with Crippen LogP contribution < -0.4 is 10.6 Å². The SMILES string of the molecule is CC(C)(C)OC(=O)Nc1cc(CC2CCCNC2)cc(F)c1F. The topological polar surface area (TPSA) is 50.4 Å². The molecule has 1 aromatic carbocycles. The first-order chi connectivity index (χ1) is 10.7. The fourth-order valence-electron chi connectivity index (χ4n) is 2.70. The number of hydrogen-bond donors (Lipinski definition) is 2. The molecular weight excluding hydrogens is 302 g/mol. The van der Waals surface area contributed by atoms with Gasteiger partial charge in [-0.05, 0) is 76.7 Å². The van der Waals surface area contributed by atoms with Crippen molar-refractivity contribution in [2.24, 2.45) is 5.92 Å². The Labute approximate surface area is 135 Å². The number of amides is 1. The number of nitrogens with one attached hydrogen (secondary N) is 2. The maximum absolute atomic E-state index is 13.9. The monoisotopic (exact) mass is 326 g/mol. The quantitative estimate of drug-likeness (QED) is 0.887. The molecule has 2 N–H and O–H groups in total. The first kappa shape index (κ1) is 17.7. The van der Waals surface area contributed by atoms with Crippen molar-refractivity contribution in [3.05, 3.63) is 29.3 Å². The highest BCUT2D eigenvalue weighted by Gasteiger charge is 2.20. The normalized spacial score (nSPS) is 18.6. The average Bonchev–Trinajstić information content (AvgIpc) is 2.43. The highest BCUT2D eigenvalue weighted by Crippen LogP contribution is 2.24. The zero-order chi connectivity index (χ0) is 17.0. The van der Waals surface area contributed by atoms with E-state index in [1.165, 1.54) is 12.1 Å². The van der Waals surface area contributed by atoms with Gasteiger partial charge in [-0.15, -0.1) is 0 Å². The van der Waals surface area contributed by atoms with Crippen LogP contribution in [-0.2, 0) is 11.2 Å². The Bertz CT molecular complexity index is 564. The van der Waals surface area contributed by atoms with Gasteiger partial charge in [-0.25, -0.2) is 13.6 Å². The summed E-state index contributed by atoms with van der Waals surface area (Å²) >= 11 is 0. The minimum absolute atomic E-state index is 0.182. The van der Waals surface area contributed by atoms with E-state index in [0.717, 1.165) is 25.9 Å². The van der Waals surface area contributed by atoms with E-state index in [1.54, 1.807) is 20.8 Å². The zero-order valence-electron chi connectivity index (χ0n) is 13.8. The lowest BCUT2D eigenvalue weighted by molar-refractivity contribution is 0.0635. The molecule has 1 aliphatic rings. The predicted octanol–water partition coefficient (Wildman–Crippen LogP) is 3.85. The Morgan fingerprint density at radius 1 is 1.39 bits per heavy atom. The Kier molecular flexibility index (Phi) is 5.57.